The normalized spacial score (nSPS) is 10.9. The summed E-state index contributed by atoms with van der Waals surface area (Å²) >= 11 is 1.58. The van der Waals surface area contributed by atoms with Crippen LogP contribution in [0.1, 0.15) is 65.7 Å². The molecule has 0 saturated heterocycles. The minimum atomic E-state index is -0.0823. The number of aromatic amines is 1. The summed E-state index contributed by atoms with van der Waals surface area (Å²) < 4.78 is 0. The van der Waals surface area contributed by atoms with Gasteiger partial charge in [-0.05, 0) is 31.4 Å². The summed E-state index contributed by atoms with van der Waals surface area (Å²) in [5.41, 5.74) is 3.34. The number of hydrogen-bond acceptors (Lipinski definition) is 5. The summed E-state index contributed by atoms with van der Waals surface area (Å²) in [5.74, 6) is 1.15. The molecule has 0 atom stereocenters. The fraction of sp³-hybridized carbons (Fsp3) is 0.360. The van der Waals surface area contributed by atoms with Gasteiger partial charge in [-0.15, -0.1) is 0 Å². The van der Waals surface area contributed by atoms with E-state index in [0.29, 0.717) is 23.6 Å². The summed E-state index contributed by atoms with van der Waals surface area (Å²) in [6.45, 7) is 1.94. The van der Waals surface area contributed by atoms with Crippen molar-refractivity contribution >= 4 is 17.5 Å². The maximum absolute atomic E-state index is 12.3. The number of carbonyl (C=O) groups is 1. The van der Waals surface area contributed by atoms with Crippen LogP contribution < -0.4 is 5.56 Å². The molecule has 0 bridgehead atoms. The van der Waals surface area contributed by atoms with Crippen LogP contribution in [-0.2, 0) is 6.42 Å². The lowest BCUT2D eigenvalue weighted by atomic mass is 10.0. The lowest BCUT2D eigenvalue weighted by molar-refractivity contribution is 0.0979. The number of nitrogens with zero attached hydrogens (tertiary/aromatic N) is 2. The van der Waals surface area contributed by atoms with Gasteiger partial charge < -0.3 is 4.98 Å². The van der Waals surface area contributed by atoms with Gasteiger partial charge in [-0.25, -0.2) is 4.98 Å². The van der Waals surface area contributed by atoms with Gasteiger partial charge in [0.25, 0.3) is 5.56 Å². The van der Waals surface area contributed by atoms with E-state index in [2.05, 4.69) is 15.0 Å². The van der Waals surface area contributed by atoms with Crippen LogP contribution in [0.5, 0.6) is 0 Å². The monoisotopic (exact) mass is 435 g/mol. The van der Waals surface area contributed by atoms with E-state index in [0.717, 1.165) is 54.7 Å². The lowest BCUT2D eigenvalue weighted by Gasteiger charge is -2.04. The minimum absolute atomic E-state index is 0.0823. The van der Waals surface area contributed by atoms with Crippen LogP contribution in [0.3, 0.4) is 0 Å². The summed E-state index contributed by atoms with van der Waals surface area (Å²) in [4.78, 5) is 35.9. The number of benzene rings is 1. The van der Waals surface area contributed by atoms with E-state index in [-0.39, 0.29) is 11.3 Å². The molecule has 3 aromatic rings. The topological polar surface area (TPSA) is 75.7 Å². The molecule has 0 unspecified atom stereocenters. The van der Waals surface area contributed by atoms with Crippen LogP contribution in [0.2, 0.25) is 0 Å². The summed E-state index contributed by atoms with van der Waals surface area (Å²) in [5, 5.41) is 0.671. The highest BCUT2D eigenvalue weighted by atomic mass is 32.2. The van der Waals surface area contributed by atoms with Gasteiger partial charge in [0, 0.05) is 47.8 Å². The Bertz CT molecular complexity index is 1020. The molecule has 0 aliphatic rings. The second-order valence-corrected chi connectivity index (χ2v) is 8.77. The van der Waals surface area contributed by atoms with E-state index in [9.17, 15) is 9.59 Å². The number of Topliss-reactive ketones (excluding diaryl/α,β-unsaturated/α-hetero) is 1. The first-order valence-electron chi connectivity index (χ1n) is 10.8. The molecule has 2 aromatic heterocycles. The van der Waals surface area contributed by atoms with Gasteiger partial charge in [0.05, 0.1) is 0 Å². The van der Waals surface area contributed by atoms with E-state index >= 15 is 0 Å². The van der Waals surface area contributed by atoms with Crippen molar-refractivity contribution in [3.63, 3.8) is 0 Å². The highest BCUT2D eigenvalue weighted by Gasteiger charge is 2.06. The highest BCUT2D eigenvalue weighted by Crippen LogP contribution is 2.16. The van der Waals surface area contributed by atoms with Gasteiger partial charge in [0.1, 0.15) is 0 Å². The molecule has 0 amide bonds. The van der Waals surface area contributed by atoms with Crippen LogP contribution in [0.4, 0.5) is 0 Å². The zero-order chi connectivity index (χ0) is 21.9. The standard InChI is InChI=1S/C25H29N3O2S/c1-19-13-14-20(17-26-19)16-22-18-27-25(28-24(22)30)31-15-9-4-2-3-8-12-23(29)21-10-6-5-7-11-21/h5-7,10-11,13-14,17-18H,2-4,8-9,12,15-16H2,1H3,(H,27,28,30). The molecule has 0 aliphatic carbocycles. The largest absolute Gasteiger partial charge is 0.301 e. The van der Waals surface area contributed by atoms with E-state index < -0.39 is 0 Å². The Morgan fingerprint density at radius 1 is 0.935 bits per heavy atom. The molecule has 0 radical (unpaired) electrons. The second-order valence-electron chi connectivity index (χ2n) is 7.68. The van der Waals surface area contributed by atoms with Gasteiger partial charge in [-0.1, -0.05) is 67.4 Å². The quantitative estimate of drug-likeness (QED) is 0.179. The Morgan fingerprint density at radius 3 is 2.45 bits per heavy atom. The molecule has 6 heteroatoms. The predicted octanol–water partition coefficient (Wildman–Crippen LogP) is 5.38. The van der Waals surface area contributed by atoms with Crippen molar-refractivity contribution in [3.8, 4) is 0 Å². The smallest absolute Gasteiger partial charge is 0.255 e. The number of hydrogen-bond donors (Lipinski definition) is 1. The molecular weight excluding hydrogens is 406 g/mol. The number of rotatable bonds is 12. The molecule has 31 heavy (non-hydrogen) atoms. The summed E-state index contributed by atoms with van der Waals surface area (Å²) in [6.07, 6.45) is 9.94. The third-order valence-corrected chi connectivity index (χ3v) is 6.07. The van der Waals surface area contributed by atoms with E-state index in [1.807, 2.05) is 49.4 Å². The molecule has 0 fully saturated rings. The van der Waals surface area contributed by atoms with Gasteiger partial charge in [0.2, 0.25) is 0 Å². The molecule has 162 valence electrons. The van der Waals surface area contributed by atoms with Crippen molar-refractivity contribution < 1.29 is 4.79 Å². The number of nitrogens with one attached hydrogen (secondary N) is 1. The van der Waals surface area contributed by atoms with Crippen molar-refractivity contribution in [2.24, 2.45) is 0 Å². The summed E-state index contributed by atoms with van der Waals surface area (Å²) in [6, 6.07) is 13.4. The first-order chi connectivity index (χ1) is 15.1. The lowest BCUT2D eigenvalue weighted by Crippen LogP contribution is -2.14. The van der Waals surface area contributed by atoms with Crippen LogP contribution in [0, 0.1) is 6.92 Å². The Balaban J connectivity index is 1.30. The Kier molecular flexibility index (Phi) is 9.03. The van der Waals surface area contributed by atoms with Crippen LogP contribution in [0.25, 0.3) is 0 Å². The fourth-order valence-corrected chi connectivity index (χ4v) is 4.12. The van der Waals surface area contributed by atoms with Gasteiger partial charge >= 0.3 is 0 Å². The SMILES string of the molecule is Cc1ccc(Cc2cnc(SCCCCCCCC(=O)c3ccccc3)[nH]c2=O)cn1. The number of ketones is 1. The number of thioether (sulfide) groups is 1. The zero-order valence-corrected chi connectivity index (χ0v) is 18.8. The third-order valence-electron chi connectivity index (χ3n) is 5.10. The van der Waals surface area contributed by atoms with Crippen molar-refractivity contribution in [1.82, 2.24) is 15.0 Å². The molecular formula is C25H29N3O2S. The number of carbonyl (C=O) groups excluding carboxylic acids is 1. The van der Waals surface area contributed by atoms with Crippen LogP contribution >= 0.6 is 11.8 Å². The van der Waals surface area contributed by atoms with Crippen molar-refractivity contribution in [2.75, 3.05) is 5.75 Å². The Morgan fingerprint density at radius 2 is 1.71 bits per heavy atom. The first-order valence-corrected chi connectivity index (χ1v) is 11.8. The number of aryl methyl sites for hydroxylation is 1. The molecule has 2 heterocycles. The Labute approximate surface area is 187 Å². The van der Waals surface area contributed by atoms with E-state index in [4.69, 9.17) is 0 Å². The molecule has 3 rings (SSSR count). The molecule has 0 aliphatic heterocycles. The molecule has 0 spiro atoms. The second kappa shape index (κ2) is 12.2. The number of pyridine rings is 1. The fourth-order valence-electron chi connectivity index (χ4n) is 3.28. The van der Waals surface area contributed by atoms with Crippen LogP contribution in [0.15, 0.2) is 64.8 Å². The first kappa shape index (κ1) is 22.9. The summed E-state index contributed by atoms with van der Waals surface area (Å²) in [7, 11) is 0. The average Bonchev–Trinajstić information content (AvgIpc) is 2.79. The van der Waals surface area contributed by atoms with Crippen molar-refractivity contribution in [1.29, 1.82) is 0 Å². The maximum atomic E-state index is 12.3. The number of unbranched alkanes of at least 4 members (excludes halogenated alkanes) is 4. The van der Waals surface area contributed by atoms with E-state index in [1.165, 1.54) is 0 Å². The third kappa shape index (κ3) is 7.79. The zero-order valence-electron chi connectivity index (χ0n) is 18.0. The molecule has 1 aromatic carbocycles. The maximum Gasteiger partial charge on any atom is 0.255 e. The predicted molar refractivity (Wildman–Crippen MR) is 126 cm³/mol. The van der Waals surface area contributed by atoms with Crippen molar-refractivity contribution in [3.05, 3.63) is 87.6 Å². The Hall–Kier alpha value is -2.73. The number of H-pyrrole nitrogens is 1. The minimum Gasteiger partial charge on any atom is -0.301 e. The number of aromatic nitrogens is 3. The highest BCUT2D eigenvalue weighted by molar-refractivity contribution is 7.99. The van der Waals surface area contributed by atoms with Gasteiger partial charge in [-0.2, -0.15) is 0 Å². The average molecular weight is 436 g/mol. The van der Waals surface area contributed by atoms with Crippen molar-refractivity contribution in [2.45, 2.75) is 57.0 Å². The van der Waals surface area contributed by atoms with Gasteiger partial charge in [0.15, 0.2) is 10.9 Å². The molecule has 1 N–H and O–H groups in total. The molecule has 0 saturated carbocycles. The van der Waals surface area contributed by atoms with Gasteiger partial charge in [-0.3, -0.25) is 14.6 Å². The molecule has 5 nitrogen and oxygen atoms in total. The van der Waals surface area contributed by atoms with E-state index in [1.54, 1.807) is 24.2 Å². The van der Waals surface area contributed by atoms with Crippen LogP contribution in [-0.4, -0.2) is 26.5 Å².